The summed E-state index contributed by atoms with van der Waals surface area (Å²) < 4.78 is 102. The number of imidazole rings is 1. The molecule has 1 aliphatic rings. The second-order valence-electron chi connectivity index (χ2n) is 18.8. The second kappa shape index (κ2) is 17.5. The molecule has 0 amide bonds. The number of hydrogen-bond donors (Lipinski definition) is 0. The Hall–Kier alpha value is -6.33. The van der Waals surface area contributed by atoms with E-state index in [1.807, 2.05) is 85.1 Å². The molecule has 0 radical (unpaired) electrons. The summed E-state index contributed by atoms with van der Waals surface area (Å²) in [5.41, 5.74) is 5.86. The number of benzene rings is 7. The molecule has 0 aliphatic carbocycles. The molecule has 0 spiro atoms. The van der Waals surface area contributed by atoms with Crippen molar-refractivity contribution in [2.75, 3.05) is 0 Å². The summed E-state index contributed by atoms with van der Waals surface area (Å²) in [5, 5.41) is 2.04. The van der Waals surface area contributed by atoms with Crippen molar-refractivity contribution in [2.45, 2.75) is 70.1 Å². The molecule has 5 nitrogen and oxygen atoms in total. The van der Waals surface area contributed by atoms with Gasteiger partial charge in [0.05, 0.1) is 30.4 Å². The third kappa shape index (κ3) is 8.16. The van der Waals surface area contributed by atoms with Crippen LogP contribution in [-0.4, -0.2) is 22.2 Å². The van der Waals surface area contributed by atoms with Gasteiger partial charge in [0.25, 0.3) is 6.33 Å². The summed E-state index contributed by atoms with van der Waals surface area (Å²) >= 11 is 0. The van der Waals surface area contributed by atoms with E-state index in [9.17, 15) is 5.48 Å². The Bertz CT molecular complexity index is 3840. The monoisotopic (exact) mass is 1070 g/mol. The van der Waals surface area contributed by atoms with Crippen LogP contribution < -0.4 is 9.30 Å². The zero-order valence-electron chi connectivity index (χ0n) is 47.3. The van der Waals surface area contributed by atoms with E-state index >= 15 is 0 Å². The van der Waals surface area contributed by atoms with Gasteiger partial charge in [-0.15, -0.1) is 29.7 Å². The normalized spacial score (nSPS) is 16.3. The molecule has 7 aromatic carbocycles. The van der Waals surface area contributed by atoms with Gasteiger partial charge in [-0.05, 0) is 86.8 Å². The smallest absolute Gasteiger partial charge is 0.268 e. The number of aromatic nitrogens is 4. The molecule has 66 heavy (non-hydrogen) atoms. The predicted molar refractivity (Wildman–Crippen MR) is 269 cm³/mol. The average Bonchev–Trinajstić information content (AvgIpc) is 4.04. The quantitative estimate of drug-likeness (QED) is 0.0864. The number of hydrogen-bond acceptors (Lipinski definition) is 2. The SMILES string of the molecule is [2H]c1c([2H])c([2H])c(-c2cc(C3CC[Si](C)(C)CC3)cc(-c3c([2H])c([2H])c([2H])c([2H])c3[2H])c2-[n+]2[c-]n(-c3[c-]c(Oc4[c-]c5c(cc4)c4ccccc4n5-c4cc(C(C)(C)C)ccn4)ccc3)c3ccccc32)c([2H])c1[2H].[Pt]. The van der Waals surface area contributed by atoms with E-state index in [1.165, 1.54) is 0 Å². The fraction of sp³-hybridized carbons (Fsp3) is 0.186. The molecule has 0 unspecified atom stereocenters. The van der Waals surface area contributed by atoms with E-state index in [-0.39, 0.29) is 60.3 Å². The zero-order chi connectivity index (χ0) is 53.0. The van der Waals surface area contributed by atoms with Gasteiger partial charge in [0.2, 0.25) is 0 Å². The first-order chi connectivity index (χ1) is 35.7. The molecular formula is C59H52N4OPtSi-2. The van der Waals surface area contributed by atoms with Crippen LogP contribution in [0.4, 0.5) is 0 Å². The minimum Gasteiger partial charge on any atom is -0.510 e. The van der Waals surface area contributed by atoms with Crippen molar-refractivity contribution in [2.24, 2.45) is 0 Å². The molecule has 1 saturated heterocycles. The molecule has 0 bridgehead atoms. The Labute approximate surface area is 417 Å². The van der Waals surface area contributed by atoms with Crippen LogP contribution in [0.5, 0.6) is 11.5 Å². The van der Waals surface area contributed by atoms with Gasteiger partial charge in [-0.2, -0.15) is 18.2 Å². The fourth-order valence-corrected chi connectivity index (χ4v) is 11.9. The van der Waals surface area contributed by atoms with E-state index in [4.69, 9.17) is 17.9 Å². The largest absolute Gasteiger partial charge is 0.510 e. The van der Waals surface area contributed by atoms with E-state index in [1.54, 1.807) is 15.2 Å². The number of ether oxygens (including phenoxy) is 1. The standard InChI is InChI=1S/C59H52N4OSi.Pt/c1-59(2,3)45-29-32-60-57(37-45)63-53-24-13-12-23-49(53)50-28-27-48(39-56(50)63)64-47-22-16-21-46(38-47)61-40-62(55-26-15-14-25-54(55)61)58-51(42-17-8-6-9-18-42)35-44(41-30-33-65(4,5)34-31-41)36-52(58)43-19-10-7-11-20-43;/h6-29,32,35-37,41H,30-31,33-34H2,1-5H3;/q-2;/i6D,7D,8D,9D,10D,11D,17D,18D,19D,20D;. The van der Waals surface area contributed by atoms with E-state index in [0.29, 0.717) is 28.2 Å². The predicted octanol–water partition coefficient (Wildman–Crippen LogP) is 14.8. The van der Waals surface area contributed by atoms with Crippen LogP contribution in [0.1, 0.15) is 64.4 Å². The Balaban J connectivity index is 0.00000657. The van der Waals surface area contributed by atoms with Crippen molar-refractivity contribution in [3.05, 3.63) is 199 Å². The molecule has 11 rings (SSSR count). The van der Waals surface area contributed by atoms with Crippen LogP contribution in [0, 0.1) is 18.5 Å². The number of rotatable bonds is 8. The van der Waals surface area contributed by atoms with Crippen molar-refractivity contribution >= 4 is 40.9 Å². The molecule has 1 fully saturated rings. The Kier molecular flexibility index (Phi) is 8.78. The molecule has 0 atom stereocenters. The van der Waals surface area contributed by atoms with Crippen LogP contribution in [0.2, 0.25) is 25.2 Å². The molecule has 0 N–H and O–H groups in total. The molecule has 330 valence electrons. The van der Waals surface area contributed by atoms with Crippen molar-refractivity contribution in [1.29, 1.82) is 0 Å². The maximum atomic E-state index is 9.36. The van der Waals surface area contributed by atoms with Gasteiger partial charge in [-0.25, -0.2) is 4.98 Å². The third-order valence-corrected chi connectivity index (χ3v) is 16.2. The molecule has 0 saturated carbocycles. The van der Waals surface area contributed by atoms with Gasteiger partial charge < -0.3 is 13.9 Å². The minimum atomic E-state index is -1.48. The van der Waals surface area contributed by atoms with Gasteiger partial charge in [0.1, 0.15) is 5.82 Å². The van der Waals surface area contributed by atoms with Crippen LogP contribution in [0.25, 0.3) is 72.3 Å². The summed E-state index contributed by atoms with van der Waals surface area (Å²) in [6.07, 6.45) is 7.05. The Morgan fingerprint density at radius 1 is 0.712 bits per heavy atom. The fourth-order valence-electron chi connectivity index (χ4n) is 9.34. The van der Waals surface area contributed by atoms with Crippen molar-refractivity contribution in [3.8, 4) is 50.9 Å². The van der Waals surface area contributed by atoms with Crippen molar-refractivity contribution < 1.29 is 44.1 Å². The summed E-state index contributed by atoms with van der Waals surface area (Å²) in [4.78, 5) is 4.82. The van der Waals surface area contributed by atoms with Gasteiger partial charge >= 0.3 is 0 Å². The maximum Gasteiger partial charge on any atom is 0.268 e. The van der Waals surface area contributed by atoms with Crippen LogP contribution in [-0.2, 0) is 26.5 Å². The number of fused-ring (bicyclic) bond motifs is 4. The van der Waals surface area contributed by atoms with Crippen molar-refractivity contribution in [3.63, 3.8) is 0 Å². The summed E-state index contributed by atoms with van der Waals surface area (Å²) in [5.74, 6) is 1.58. The van der Waals surface area contributed by atoms with Crippen LogP contribution in [0.3, 0.4) is 0 Å². The number of nitrogens with zero attached hydrogens (tertiary/aromatic N) is 4. The zero-order valence-corrected chi connectivity index (χ0v) is 40.6. The molecule has 4 heterocycles. The first kappa shape index (κ1) is 33.2. The van der Waals surface area contributed by atoms with Crippen LogP contribution in [0.15, 0.2) is 170 Å². The third-order valence-electron chi connectivity index (χ3n) is 12.9. The summed E-state index contributed by atoms with van der Waals surface area (Å²) in [6, 6.07) is 37.1. The van der Waals surface area contributed by atoms with Crippen molar-refractivity contribution in [1.82, 2.24) is 14.1 Å². The maximum absolute atomic E-state index is 9.36. The van der Waals surface area contributed by atoms with E-state index in [2.05, 4.69) is 75.1 Å². The first-order valence-corrected chi connectivity index (χ1v) is 25.5. The summed E-state index contributed by atoms with van der Waals surface area (Å²) in [7, 11) is -1.48. The second-order valence-corrected chi connectivity index (χ2v) is 24.1. The molecule has 10 aromatic rings. The molecular weight excluding hydrogens is 1000 g/mol. The first-order valence-electron chi connectivity index (χ1n) is 27.1. The van der Waals surface area contributed by atoms with E-state index in [0.717, 1.165) is 63.7 Å². The van der Waals surface area contributed by atoms with Gasteiger partial charge in [0, 0.05) is 52.4 Å². The van der Waals surface area contributed by atoms with Gasteiger partial charge in [-0.3, -0.25) is 4.57 Å². The van der Waals surface area contributed by atoms with E-state index < -0.39 is 68.5 Å². The molecule has 3 aromatic heterocycles. The Morgan fingerprint density at radius 3 is 2.06 bits per heavy atom. The van der Waals surface area contributed by atoms with Crippen LogP contribution >= 0.6 is 0 Å². The van der Waals surface area contributed by atoms with Gasteiger partial charge in [-0.1, -0.05) is 166 Å². The summed E-state index contributed by atoms with van der Waals surface area (Å²) in [6.45, 7) is 11.3. The Morgan fingerprint density at radius 2 is 1.36 bits per heavy atom. The van der Waals surface area contributed by atoms with Gasteiger partial charge in [0.15, 0.2) is 0 Å². The minimum absolute atomic E-state index is 0. The average molecular weight is 1070 g/mol. The number of pyridine rings is 1. The number of para-hydroxylation sites is 3. The molecule has 1 aliphatic heterocycles. The molecule has 7 heteroatoms. The topological polar surface area (TPSA) is 35.9 Å².